The van der Waals surface area contributed by atoms with Gasteiger partial charge in [0, 0.05) is 62.5 Å². The number of nitrogens with two attached hydrogens (primary N) is 1. The van der Waals surface area contributed by atoms with Crippen molar-refractivity contribution in [3.63, 3.8) is 0 Å². The van der Waals surface area contributed by atoms with Gasteiger partial charge in [-0.1, -0.05) is 25.4 Å². The molecule has 3 aliphatic rings. The lowest BCUT2D eigenvalue weighted by molar-refractivity contribution is -0.116. The highest BCUT2D eigenvalue weighted by Crippen LogP contribution is 2.50. The number of likely N-dealkylation sites (N-methyl/N-ethyl adjacent to an activating group) is 1. The number of primary amides is 1. The summed E-state index contributed by atoms with van der Waals surface area (Å²) in [6.45, 7) is 7.79. The van der Waals surface area contributed by atoms with Crippen molar-refractivity contribution in [1.29, 1.82) is 0 Å². The Labute approximate surface area is 272 Å². The molecule has 3 aromatic heterocycles. The molecule has 6 heterocycles. The topological polar surface area (TPSA) is 170 Å². The molecule has 0 aliphatic carbocycles. The third-order valence-corrected chi connectivity index (χ3v) is 9.25. The smallest absolute Gasteiger partial charge is 0.263 e. The zero-order chi connectivity index (χ0) is 33.1. The van der Waals surface area contributed by atoms with E-state index in [0.29, 0.717) is 43.3 Å². The number of fused-ring (bicyclic) bond motifs is 3. The molecular formula is C31H32ClFN8O6. The maximum Gasteiger partial charge on any atom is 0.263 e. The second-order valence-electron chi connectivity index (χ2n) is 12.0. The molecule has 246 valence electrons. The Hall–Kier alpha value is -4.89. The number of carbonyl (C=O) groups excluding carboxylic acids is 2. The predicted molar refractivity (Wildman–Crippen MR) is 171 cm³/mol. The highest BCUT2D eigenvalue weighted by molar-refractivity contribution is 6.33. The first-order valence-electron chi connectivity index (χ1n) is 15.3. The quantitative estimate of drug-likeness (QED) is 0.249. The molecule has 4 aromatic rings. The number of nitrogens with one attached hydrogen (secondary N) is 1. The molecule has 47 heavy (non-hydrogen) atoms. The number of phenols is 1. The van der Waals surface area contributed by atoms with Crippen LogP contribution in [0, 0.1) is 11.9 Å². The molecule has 0 bridgehead atoms. The summed E-state index contributed by atoms with van der Waals surface area (Å²) >= 11 is 6.26. The minimum Gasteiger partial charge on any atom is -0.504 e. The third-order valence-electron chi connectivity index (χ3n) is 8.89. The van der Waals surface area contributed by atoms with Crippen LogP contribution in [0.3, 0.4) is 0 Å². The number of aromatic hydroxyl groups is 1. The number of hydrogen-bond donors (Lipinski definition) is 3. The lowest BCUT2D eigenvalue weighted by Crippen LogP contribution is -2.46. The molecule has 0 saturated carbocycles. The summed E-state index contributed by atoms with van der Waals surface area (Å²) in [6.07, 6.45) is 2.11. The Morgan fingerprint density at radius 2 is 1.89 bits per heavy atom. The molecule has 4 N–H and O–H groups in total. The number of aromatic nitrogens is 4. The van der Waals surface area contributed by atoms with Crippen molar-refractivity contribution in [3.05, 3.63) is 51.0 Å². The van der Waals surface area contributed by atoms with Gasteiger partial charge in [-0.25, -0.2) is 9.97 Å². The minimum atomic E-state index is -0.914. The molecule has 2 amide bonds. The van der Waals surface area contributed by atoms with Crippen LogP contribution in [-0.4, -0.2) is 80.4 Å². The molecule has 7 rings (SSSR count). The van der Waals surface area contributed by atoms with E-state index in [0.717, 1.165) is 19.6 Å². The fourth-order valence-corrected chi connectivity index (χ4v) is 6.63. The van der Waals surface area contributed by atoms with Crippen LogP contribution in [0.5, 0.6) is 17.2 Å². The summed E-state index contributed by atoms with van der Waals surface area (Å²) in [7, 11) is 0. The van der Waals surface area contributed by atoms with Gasteiger partial charge in [0.05, 0.1) is 16.6 Å². The lowest BCUT2D eigenvalue weighted by Gasteiger charge is -2.35. The van der Waals surface area contributed by atoms with E-state index < -0.39 is 23.5 Å². The summed E-state index contributed by atoms with van der Waals surface area (Å²) in [5, 5.41) is 13.2. The molecule has 3 aliphatic heterocycles. The summed E-state index contributed by atoms with van der Waals surface area (Å²) < 4.78 is 29.1. The van der Waals surface area contributed by atoms with E-state index in [2.05, 4.69) is 22.1 Å². The van der Waals surface area contributed by atoms with Crippen LogP contribution >= 0.6 is 11.6 Å². The largest absolute Gasteiger partial charge is 0.504 e. The first-order chi connectivity index (χ1) is 22.5. The lowest BCUT2D eigenvalue weighted by atomic mass is 10.00. The second-order valence-corrected chi connectivity index (χ2v) is 12.4. The monoisotopic (exact) mass is 666 g/mol. The van der Waals surface area contributed by atoms with Gasteiger partial charge < -0.3 is 40.0 Å². The van der Waals surface area contributed by atoms with Crippen molar-refractivity contribution in [1.82, 2.24) is 24.0 Å². The van der Waals surface area contributed by atoms with Gasteiger partial charge in [-0.3, -0.25) is 19.0 Å². The van der Waals surface area contributed by atoms with Crippen LogP contribution < -0.4 is 31.0 Å². The first-order valence-corrected chi connectivity index (χ1v) is 15.6. The Morgan fingerprint density at radius 3 is 2.62 bits per heavy atom. The van der Waals surface area contributed by atoms with E-state index in [1.54, 1.807) is 16.8 Å². The average molecular weight is 667 g/mol. The molecule has 1 fully saturated rings. The average Bonchev–Trinajstić information content (AvgIpc) is 3.77. The summed E-state index contributed by atoms with van der Waals surface area (Å²) in [5.41, 5.74) is 5.82. The summed E-state index contributed by atoms with van der Waals surface area (Å²) in [6, 6.07) is 2.87. The highest BCUT2D eigenvalue weighted by atomic mass is 35.5. The molecule has 0 radical (unpaired) electrons. The second kappa shape index (κ2) is 11.7. The molecule has 14 nitrogen and oxygen atoms in total. The molecule has 0 spiro atoms. The standard InChI is InChI=1S/C31H32ClFN8O6/c1-3-38-4-6-39(7-5-38)20-10-19(24(32)28(33)36-20)35-22(42)13-40-12-18(23-30(40)37-21-8-15(2)11-41(21)31(23)45)16-9-17(29(34)44)25(43)27-26(16)46-14-47-27/h9-10,12,15,43H,3-8,11,13-14H2,1-2H3,(H2,34,44)(H,35,36,42). The van der Waals surface area contributed by atoms with E-state index in [-0.39, 0.29) is 69.2 Å². The van der Waals surface area contributed by atoms with Gasteiger partial charge in [0.2, 0.25) is 24.4 Å². The van der Waals surface area contributed by atoms with Crippen molar-refractivity contribution in [2.45, 2.75) is 33.4 Å². The maximum absolute atomic E-state index is 14.9. The Kier molecular flexibility index (Phi) is 7.67. The number of benzene rings is 1. The predicted octanol–water partition coefficient (Wildman–Crippen LogP) is 2.56. The molecule has 1 atom stereocenters. The molecule has 16 heteroatoms. The van der Waals surface area contributed by atoms with E-state index >= 15 is 0 Å². The van der Waals surface area contributed by atoms with Crippen LogP contribution in [0.4, 0.5) is 15.9 Å². The Balaban J connectivity index is 1.28. The molecular weight excluding hydrogens is 635 g/mol. The van der Waals surface area contributed by atoms with Gasteiger partial charge in [-0.15, -0.1) is 0 Å². The summed E-state index contributed by atoms with van der Waals surface area (Å²) in [4.78, 5) is 52.8. The first kappa shape index (κ1) is 30.7. The molecule has 1 unspecified atom stereocenters. The Morgan fingerprint density at radius 1 is 1.15 bits per heavy atom. The van der Waals surface area contributed by atoms with Gasteiger partial charge in [-0.05, 0) is 18.5 Å². The van der Waals surface area contributed by atoms with E-state index in [9.17, 15) is 23.9 Å². The normalized spacial score (nSPS) is 17.4. The van der Waals surface area contributed by atoms with Crippen LogP contribution in [0.1, 0.15) is 30.0 Å². The van der Waals surface area contributed by atoms with Crippen LogP contribution in [0.2, 0.25) is 5.02 Å². The zero-order valence-electron chi connectivity index (χ0n) is 25.7. The van der Waals surface area contributed by atoms with Crippen LogP contribution in [-0.2, 0) is 24.3 Å². The number of pyridine rings is 1. The minimum absolute atomic E-state index is 0.0597. The number of carbonyl (C=O) groups is 2. The number of hydrogen-bond acceptors (Lipinski definition) is 10. The van der Waals surface area contributed by atoms with Crippen LogP contribution in [0.15, 0.2) is 23.1 Å². The van der Waals surface area contributed by atoms with E-state index in [1.165, 1.54) is 10.6 Å². The number of nitrogens with zero attached hydrogens (tertiary/aromatic N) is 6. The van der Waals surface area contributed by atoms with Crippen molar-refractivity contribution in [2.24, 2.45) is 11.7 Å². The van der Waals surface area contributed by atoms with Crippen molar-refractivity contribution in [2.75, 3.05) is 49.7 Å². The van der Waals surface area contributed by atoms with Gasteiger partial charge in [0.15, 0.2) is 11.5 Å². The number of piperazine rings is 1. The van der Waals surface area contributed by atoms with E-state index in [1.807, 2.05) is 11.8 Å². The maximum atomic E-state index is 14.9. The summed E-state index contributed by atoms with van der Waals surface area (Å²) in [5.74, 6) is -1.73. The third kappa shape index (κ3) is 5.28. The molecule has 1 saturated heterocycles. The van der Waals surface area contributed by atoms with Crippen molar-refractivity contribution < 1.29 is 28.6 Å². The van der Waals surface area contributed by atoms with Crippen molar-refractivity contribution >= 4 is 46.0 Å². The number of halogens is 2. The SMILES string of the molecule is CCN1CCN(c2cc(NC(=O)Cn3cc(-c4cc(C(N)=O)c(O)c5c4OCO5)c4c(=O)n5c(nc43)CC(C)C5)c(Cl)c(F)n2)CC1. The van der Waals surface area contributed by atoms with Gasteiger partial charge in [0.25, 0.3) is 11.5 Å². The van der Waals surface area contributed by atoms with Crippen LogP contribution in [0.25, 0.3) is 22.2 Å². The number of rotatable bonds is 7. The fraction of sp³-hybridized carbons (Fsp3) is 0.387. The zero-order valence-corrected chi connectivity index (χ0v) is 26.4. The highest BCUT2D eigenvalue weighted by Gasteiger charge is 2.32. The fourth-order valence-electron chi connectivity index (χ4n) is 6.49. The van der Waals surface area contributed by atoms with E-state index in [4.69, 9.17) is 31.8 Å². The Bertz CT molecular complexity index is 2020. The van der Waals surface area contributed by atoms with Crippen molar-refractivity contribution in [3.8, 4) is 28.4 Å². The van der Waals surface area contributed by atoms with Gasteiger partial charge >= 0.3 is 0 Å². The van der Waals surface area contributed by atoms with Gasteiger partial charge in [-0.2, -0.15) is 4.39 Å². The number of amides is 2. The number of anilines is 2. The molecule has 1 aromatic carbocycles. The van der Waals surface area contributed by atoms with Gasteiger partial charge in [0.1, 0.15) is 28.9 Å². The number of ether oxygens (including phenoxy) is 2.